The maximum absolute atomic E-state index is 6.10. The summed E-state index contributed by atoms with van der Waals surface area (Å²) in [5, 5.41) is 8.87. The second kappa shape index (κ2) is 21.9. The fraction of sp³-hybridized carbons (Fsp3) is 0.0227. The number of hydrogen-bond donors (Lipinski definition) is 0. The minimum absolute atomic E-state index is 0.510. The standard InChI is InChI=1S/C88H58N8/c1-55-47-49-79-67(51-55)68-52-56(2)48-50-80(68)93(79)83-81(87-89-69(57-27-7-3-8-28-57)53-70(90-87)58-29-9-4-10-30-58)84(94-73-41-21-15-35-61(73)62-36-16-22-42-74(62)94)86(96-77-45-25-19-39-65(77)66-40-20-26-46-78(66)96)85(95-75-43-23-17-37-63(75)64-38-18-24-44-76(64)95)82(83)88-91-71(59-31-11-5-12-32-59)54-72(92-88)60-33-13-6-14-34-60/h3-54H,1-2H3. The van der Waals surface area contributed by atoms with Crippen LogP contribution < -0.4 is 0 Å². The minimum Gasteiger partial charge on any atom is -0.308 e. The van der Waals surface area contributed by atoms with E-state index < -0.39 is 0 Å². The zero-order valence-corrected chi connectivity index (χ0v) is 52.6. The molecule has 0 amide bonds. The third-order valence-corrected chi connectivity index (χ3v) is 19.3. The molecule has 0 unspecified atom stereocenters. The summed E-state index contributed by atoms with van der Waals surface area (Å²) < 4.78 is 10.1. The third kappa shape index (κ3) is 8.55. The normalized spacial score (nSPS) is 11.9. The lowest BCUT2D eigenvalue weighted by Gasteiger charge is -2.30. The summed E-state index contributed by atoms with van der Waals surface area (Å²) in [6.45, 7) is 4.39. The number of fused-ring (bicyclic) bond motifs is 12. The van der Waals surface area contributed by atoms with Crippen LogP contribution in [0.4, 0.5) is 0 Å². The number of hydrogen-bond acceptors (Lipinski definition) is 4. The largest absolute Gasteiger partial charge is 0.308 e. The van der Waals surface area contributed by atoms with Gasteiger partial charge in [-0.25, -0.2) is 19.9 Å². The van der Waals surface area contributed by atoms with Crippen LogP contribution in [-0.4, -0.2) is 38.2 Å². The second-order valence-electron chi connectivity index (χ2n) is 25.0. The molecule has 0 aliphatic carbocycles. The van der Waals surface area contributed by atoms with E-state index in [1.807, 2.05) is 0 Å². The van der Waals surface area contributed by atoms with Crippen molar-refractivity contribution in [1.82, 2.24) is 38.2 Å². The first-order valence-corrected chi connectivity index (χ1v) is 32.7. The van der Waals surface area contributed by atoms with Gasteiger partial charge in [0.25, 0.3) is 0 Å². The van der Waals surface area contributed by atoms with E-state index in [2.05, 4.69) is 348 Å². The average Bonchev–Trinajstić information content (AvgIpc) is 1.50. The Bertz CT molecular complexity index is 5740. The molecule has 0 saturated carbocycles. The highest BCUT2D eigenvalue weighted by molar-refractivity contribution is 6.18. The van der Waals surface area contributed by atoms with Gasteiger partial charge < -0.3 is 18.3 Å². The monoisotopic (exact) mass is 1230 g/mol. The smallest absolute Gasteiger partial charge is 0.164 e. The molecule has 0 aliphatic heterocycles. The Morgan fingerprint density at radius 3 is 0.708 bits per heavy atom. The summed E-state index contributed by atoms with van der Waals surface area (Å²) in [6.07, 6.45) is 0. The van der Waals surface area contributed by atoms with E-state index in [9.17, 15) is 0 Å². The second-order valence-corrected chi connectivity index (χ2v) is 25.0. The van der Waals surface area contributed by atoms with Crippen LogP contribution in [0.15, 0.2) is 315 Å². The quantitative estimate of drug-likeness (QED) is 0.137. The van der Waals surface area contributed by atoms with Gasteiger partial charge in [0.2, 0.25) is 0 Å². The van der Waals surface area contributed by atoms with Gasteiger partial charge in [0.15, 0.2) is 11.6 Å². The third-order valence-electron chi connectivity index (χ3n) is 19.3. The average molecular weight is 1230 g/mol. The molecule has 13 aromatic carbocycles. The topological polar surface area (TPSA) is 71.3 Å². The van der Waals surface area contributed by atoms with Crippen molar-refractivity contribution in [3.63, 3.8) is 0 Å². The van der Waals surface area contributed by atoms with Crippen molar-refractivity contribution in [2.45, 2.75) is 13.8 Å². The Hall–Kier alpha value is -12.8. The van der Waals surface area contributed by atoms with E-state index in [0.717, 1.165) is 177 Å². The molecular formula is C88H58N8. The van der Waals surface area contributed by atoms with E-state index in [0.29, 0.717) is 11.6 Å². The van der Waals surface area contributed by atoms with Gasteiger partial charge in [0.1, 0.15) is 0 Å². The molecule has 6 heterocycles. The molecular weight excluding hydrogens is 1170 g/mol. The van der Waals surface area contributed by atoms with Crippen LogP contribution in [0.5, 0.6) is 0 Å². The lowest BCUT2D eigenvalue weighted by molar-refractivity contribution is 1.02. The Morgan fingerprint density at radius 1 is 0.198 bits per heavy atom. The number of nitrogens with zero attached hydrogens (tertiary/aromatic N) is 8. The molecule has 8 heteroatoms. The highest BCUT2D eigenvalue weighted by Crippen LogP contribution is 2.54. The van der Waals surface area contributed by atoms with Crippen LogP contribution in [0.1, 0.15) is 11.1 Å². The van der Waals surface area contributed by atoms with E-state index in [4.69, 9.17) is 19.9 Å². The maximum Gasteiger partial charge on any atom is 0.164 e. The van der Waals surface area contributed by atoms with Crippen molar-refractivity contribution in [1.29, 1.82) is 0 Å². The van der Waals surface area contributed by atoms with Gasteiger partial charge >= 0.3 is 0 Å². The Balaban J connectivity index is 1.19. The fourth-order valence-electron chi connectivity index (χ4n) is 15.1. The number of aryl methyl sites for hydroxylation is 2. The van der Waals surface area contributed by atoms with Gasteiger partial charge in [-0.05, 0) is 86.6 Å². The van der Waals surface area contributed by atoms with Gasteiger partial charge in [0.05, 0.1) is 101 Å². The first-order chi connectivity index (χ1) is 47.5. The molecule has 8 nitrogen and oxygen atoms in total. The zero-order chi connectivity index (χ0) is 63.5. The molecule has 96 heavy (non-hydrogen) atoms. The highest BCUT2D eigenvalue weighted by Gasteiger charge is 2.38. The molecule has 0 spiro atoms. The predicted molar refractivity (Wildman–Crippen MR) is 397 cm³/mol. The van der Waals surface area contributed by atoms with Crippen molar-refractivity contribution in [2.24, 2.45) is 0 Å². The van der Waals surface area contributed by atoms with Crippen LogP contribution >= 0.6 is 0 Å². The van der Waals surface area contributed by atoms with Gasteiger partial charge in [-0.2, -0.15) is 0 Å². The first-order valence-electron chi connectivity index (χ1n) is 32.7. The maximum atomic E-state index is 6.10. The zero-order valence-electron chi connectivity index (χ0n) is 52.6. The van der Waals surface area contributed by atoms with Crippen molar-refractivity contribution in [3.05, 3.63) is 327 Å². The van der Waals surface area contributed by atoms with Crippen LogP contribution in [0.25, 0.3) is 178 Å². The molecule has 0 fully saturated rings. The minimum atomic E-state index is 0.510. The van der Waals surface area contributed by atoms with Crippen LogP contribution in [0.2, 0.25) is 0 Å². The van der Waals surface area contributed by atoms with Gasteiger partial charge in [-0.15, -0.1) is 0 Å². The summed E-state index contributed by atoms with van der Waals surface area (Å²) in [6, 6.07) is 114. The number of para-hydroxylation sites is 6. The molecule has 0 atom stereocenters. The van der Waals surface area contributed by atoms with Gasteiger partial charge in [-0.1, -0.05) is 254 Å². The number of benzene rings is 13. The SMILES string of the molecule is Cc1ccc2c(c1)c1cc(C)ccc1n2-c1c(-c2nc(-c3ccccc3)cc(-c3ccccc3)n2)c(-n2c3ccccc3c3ccccc32)c(-n2c3ccccc3c3ccccc32)c(-n2c3ccccc3c3ccccc32)c1-c1nc(-c2ccccc2)cc(-c2ccccc2)n1. The summed E-state index contributed by atoms with van der Waals surface area (Å²) >= 11 is 0. The Kier molecular flexibility index (Phi) is 12.6. The van der Waals surface area contributed by atoms with Crippen LogP contribution in [-0.2, 0) is 0 Å². The van der Waals surface area contributed by atoms with Crippen molar-refractivity contribution >= 4 is 87.2 Å². The number of rotatable bonds is 10. The molecule has 0 aliphatic rings. The molecule has 0 bridgehead atoms. The van der Waals surface area contributed by atoms with Gasteiger partial charge in [0, 0.05) is 65.3 Å². The molecule has 0 radical (unpaired) electrons. The molecule has 19 aromatic rings. The fourth-order valence-corrected chi connectivity index (χ4v) is 15.1. The van der Waals surface area contributed by atoms with Gasteiger partial charge in [-0.3, -0.25) is 0 Å². The summed E-state index contributed by atoms with van der Waals surface area (Å²) in [5.74, 6) is 1.02. The van der Waals surface area contributed by atoms with Crippen LogP contribution in [0, 0.1) is 13.8 Å². The lowest BCUT2D eigenvalue weighted by atomic mass is 9.95. The molecule has 450 valence electrons. The lowest BCUT2D eigenvalue weighted by Crippen LogP contribution is -2.17. The molecule has 0 saturated heterocycles. The van der Waals surface area contributed by atoms with E-state index in [1.165, 1.54) is 0 Å². The molecule has 0 N–H and O–H groups in total. The van der Waals surface area contributed by atoms with E-state index in [1.54, 1.807) is 0 Å². The molecule has 6 aromatic heterocycles. The Labute approximate surface area is 553 Å². The summed E-state index contributed by atoms with van der Waals surface area (Å²) in [4.78, 5) is 24.4. The van der Waals surface area contributed by atoms with Crippen molar-refractivity contribution < 1.29 is 0 Å². The molecule has 19 rings (SSSR count). The predicted octanol–water partition coefficient (Wildman–Crippen LogP) is 22.3. The number of aromatic nitrogens is 8. The summed E-state index contributed by atoms with van der Waals surface area (Å²) in [7, 11) is 0. The highest BCUT2D eigenvalue weighted by atomic mass is 15.1. The van der Waals surface area contributed by atoms with E-state index in [-0.39, 0.29) is 0 Å². The summed E-state index contributed by atoms with van der Waals surface area (Å²) in [5.41, 5.74) is 22.2. The van der Waals surface area contributed by atoms with Crippen LogP contribution in [0.3, 0.4) is 0 Å². The first kappa shape index (κ1) is 54.9. The Morgan fingerprint density at radius 2 is 0.427 bits per heavy atom. The van der Waals surface area contributed by atoms with Crippen molar-refractivity contribution in [3.8, 4) is 90.6 Å². The van der Waals surface area contributed by atoms with E-state index >= 15 is 0 Å². The van der Waals surface area contributed by atoms with Crippen molar-refractivity contribution in [2.75, 3.05) is 0 Å².